The van der Waals surface area contributed by atoms with Gasteiger partial charge in [-0.1, -0.05) is 28.2 Å². The quantitative estimate of drug-likeness (QED) is 0.596. The number of anilines is 1. The molecule has 3 heterocycles. The summed E-state index contributed by atoms with van der Waals surface area (Å²) in [6.07, 6.45) is 4.67. The van der Waals surface area contributed by atoms with Gasteiger partial charge in [-0.2, -0.15) is 0 Å². The molecule has 1 amide bonds. The first kappa shape index (κ1) is 20.7. The highest BCUT2D eigenvalue weighted by Gasteiger charge is 2.33. The summed E-state index contributed by atoms with van der Waals surface area (Å²) in [5.74, 6) is 0.582. The van der Waals surface area contributed by atoms with E-state index in [1.165, 1.54) is 0 Å². The van der Waals surface area contributed by atoms with Gasteiger partial charge in [0.05, 0.1) is 17.4 Å². The number of likely N-dealkylation sites (tertiary alicyclic amines) is 1. The van der Waals surface area contributed by atoms with E-state index >= 15 is 0 Å². The summed E-state index contributed by atoms with van der Waals surface area (Å²) in [4.78, 5) is 27.2. The lowest BCUT2D eigenvalue weighted by Gasteiger charge is -2.36. The first-order valence-electron chi connectivity index (χ1n) is 9.86. The van der Waals surface area contributed by atoms with Gasteiger partial charge in [0.1, 0.15) is 4.88 Å². The minimum Gasteiger partial charge on any atom is -0.347 e. The van der Waals surface area contributed by atoms with Gasteiger partial charge < -0.3 is 9.80 Å². The Balaban J connectivity index is 1.82. The van der Waals surface area contributed by atoms with Crippen molar-refractivity contribution in [1.82, 2.24) is 24.5 Å². The van der Waals surface area contributed by atoms with E-state index < -0.39 is 0 Å². The van der Waals surface area contributed by atoms with Crippen LogP contribution in [0.1, 0.15) is 46.4 Å². The number of carbonyl (C=O) groups excluding carboxylic acids is 1. The highest BCUT2D eigenvalue weighted by Crippen LogP contribution is 2.38. The van der Waals surface area contributed by atoms with E-state index in [1.807, 2.05) is 61.3 Å². The van der Waals surface area contributed by atoms with Crippen LogP contribution in [0.2, 0.25) is 5.02 Å². The molecule has 1 saturated heterocycles. The van der Waals surface area contributed by atoms with Crippen LogP contribution in [0.5, 0.6) is 0 Å². The molecule has 0 spiro atoms. The molecular formula is C21H23ClN6OS. The number of aryl methyl sites for hydroxylation is 1. The third-order valence-electron chi connectivity index (χ3n) is 5.27. The molecule has 0 saturated carbocycles. The highest BCUT2D eigenvalue weighted by atomic mass is 35.5. The maximum atomic E-state index is 13.4. The molecule has 0 bridgehead atoms. The number of rotatable bonds is 4. The molecule has 1 atom stereocenters. The molecule has 156 valence electrons. The van der Waals surface area contributed by atoms with Crippen LogP contribution < -0.4 is 4.90 Å². The minimum absolute atomic E-state index is 0.0331. The molecule has 1 aliphatic heterocycles. The average Bonchev–Trinajstić information content (AvgIpc) is 3.18. The number of hydrogen-bond acceptors (Lipinski definition) is 7. The van der Waals surface area contributed by atoms with E-state index in [0.29, 0.717) is 28.1 Å². The van der Waals surface area contributed by atoms with Gasteiger partial charge in [-0.3, -0.25) is 4.79 Å². The third-order valence-corrected chi connectivity index (χ3v) is 6.32. The lowest BCUT2D eigenvalue weighted by Crippen LogP contribution is -2.39. The zero-order chi connectivity index (χ0) is 21.3. The summed E-state index contributed by atoms with van der Waals surface area (Å²) in [5.41, 5.74) is 3.35. The Morgan fingerprint density at radius 1 is 1.30 bits per heavy atom. The number of amides is 1. The van der Waals surface area contributed by atoms with E-state index in [2.05, 4.69) is 14.6 Å². The predicted octanol–water partition coefficient (Wildman–Crippen LogP) is 4.39. The number of benzene rings is 1. The second-order valence-electron chi connectivity index (χ2n) is 7.57. The van der Waals surface area contributed by atoms with Crippen molar-refractivity contribution < 1.29 is 4.79 Å². The molecule has 7 nitrogen and oxygen atoms in total. The summed E-state index contributed by atoms with van der Waals surface area (Å²) < 4.78 is 3.94. The molecule has 0 unspecified atom stereocenters. The number of piperidine rings is 1. The van der Waals surface area contributed by atoms with Crippen LogP contribution in [0.15, 0.2) is 30.5 Å². The predicted molar refractivity (Wildman–Crippen MR) is 119 cm³/mol. The zero-order valence-corrected chi connectivity index (χ0v) is 18.7. The van der Waals surface area contributed by atoms with E-state index in [-0.39, 0.29) is 11.9 Å². The Kier molecular flexibility index (Phi) is 5.97. The van der Waals surface area contributed by atoms with Crippen molar-refractivity contribution in [3.8, 4) is 11.1 Å². The van der Waals surface area contributed by atoms with E-state index in [0.717, 1.165) is 47.6 Å². The Morgan fingerprint density at radius 3 is 2.83 bits per heavy atom. The zero-order valence-electron chi connectivity index (χ0n) is 17.2. The first-order valence-corrected chi connectivity index (χ1v) is 11.0. The Bertz CT molecular complexity index is 1070. The molecule has 4 rings (SSSR count). The van der Waals surface area contributed by atoms with Gasteiger partial charge in [0.2, 0.25) is 5.95 Å². The smallest absolute Gasteiger partial charge is 0.268 e. The minimum atomic E-state index is -0.150. The Hall–Kier alpha value is -2.58. The molecule has 2 aromatic heterocycles. The van der Waals surface area contributed by atoms with Crippen LogP contribution in [0.3, 0.4) is 0 Å². The van der Waals surface area contributed by atoms with Gasteiger partial charge in [0, 0.05) is 37.4 Å². The largest absolute Gasteiger partial charge is 0.347 e. The molecular weight excluding hydrogens is 420 g/mol. The highest BCUT2D eigenvalue weighted by molar-refractivity contribution is 7.07. The SMILES string of the molecule is Cc1nnsc1C(=O)N1CCCC[C@H]1c1nc(N(C)C)ncc1-c1cccc(Cl)c1. The summed E-state index contributed by atoms with van der Waals surface area (Å²) in [5, 5.41) is 4.67. The van der Waals surface area contributed by atoms with E-state index in [1.54, 1.807) is 0 Å². The van der Waals surface area contributed by atoms with E-state index in [4.69, 9.17) is 16.6 Å². The Morgan fingerprint density at radius 2 is 2.13 bits per heavy atom. The van der Waals surface area contributed by atoms with Gasteiger partial charge in [0.25, 0.3) is 5.91 Å². The van der Waals surface area contributed by atoms with E-state index in [9.17, 15) is 4.79 Å². The summed E-state index contributed by atoms with van der Waals surface area (Å²) in [6, 6.07) is 7.51. The van der Waals surface area contributed by atoms with Crippen LogP contribution in [0, 0.1) is 6.92 Å². The van der Waals surface area contributed by atoms with Crippen LogP contribution in [-0.2, 0) is 0 Å². The van der Waals surface area contributed by atoms with Crippen molar-refractivity contribution in [3.05, 3.63) is 51.7 Å². The molecule has 9 heteroatoms. The molecule has 0 radical (unpaired) electrons. The normalized spacial score (nSPS) is 16.5. The van der Waals surface area contributed by atoms with Crippen molar-refractivity contribution in [1.29, 1.82) is 0 Å². The van der Waals surface area contributed by atoms with Crippen molar-refractivity contribution in [2.24, 2.45) is 0 Å². The fourth-order valence-corrected chi connectivity index (χ4v) is 4.55. The van der Waals surface area contributed by atoms with Crippen LogP contribution in [-0.4, -0.2) is 51.0 Å². The van der Waals surface area contributed by atoms with Gasteiger partial charge in [-0.25, -0.2) is 9.97 Å². The fourth-order valence-electron chi connectivity index (χ4n) is 3.75. The second kappa shape index (κ2) is 8.65. The second-order valence-corrected chi connectivity index (χ2v) is 8.76. The number of aromatic nitrogens is 4. The van der Waals surface area contributed by atoms with Crippen molar-refractivity contribution in [2.75, 3.05) is 25.5 Å². The molecule has 30 heavy (non-hydrogen) atoms. The van der Waals surface area contributed by atoms with Crippen LogP contribution in [0.25, 0.3) is 11.1 Å². The van der Waals surface area contributed by atoms with Gasteiger partial charge in [-0.05, 0) is 55.4 Å². The monoisotopic (exact) mass is 442 g/mol. The molecule has 0 N–H and O–H groups in total. The topological polar surface area (TPSA) is 75.1 Å². The standard InChI is InChI=1S/C21H23ClN6OS/c1-13-19(30-26-25-13)20(29)28-10-5-4-9-17(28)18-16(12-23-21(24-18)27(2)3)14-7-6-8-15(22)11-14/h6-8,11-12,17H,4-5,9-10H2,1-3H3/t17-/m0/s1. The van der Waals surface area contributed by atoms with Crippen LogP contribution in [0.4, 0.5) is 5.95 Å². The maximum Gasteiger partial charge on any atom is 0.268 e. The molecule has 3 aromatic rings. The maximum absolute atomic E-state index is 13.4. The van der Waals surface area contributed by atoms with Crippen molar-refractivity contribution >= 4 is 35.0 Å². The number of halogens is 1. The van der Waals surface area contributed by atoms with Gasteiger partial charge >= 0.3 is 0 Å². The number of carbonyl (C=O) groups is 1. The first-order chi connectivity index (χ1) is 14.5. The average molecular weight is 443 g/mol. The van der Waals surface area contributed by atoms with Crippen molar-refractivity contribution in [2.45, 2.75) is 32.2 Å². The lowest BCUT2D eigenvalue weighted by molar-refractivity contribution is 0.0611. The summed E-state index contributed by atoms with van der Waals surface area (Å²) >= 11 is 7.40. The summed E-state index contributed by atoms with van der Waals surface area (Å²) in [7, 11) is 3.82. The number of hydrogen-bond donors (Lipinski definition) is 0. The van der Waals surface area contributed by atoms with Gasteiger partial charge in [-0.15, -0.1) is 5.10 Å². The molecule has 1 aliphatic rings. The van der Waals surface area contributed by atoms with Gasteiger partial charge in [0.15, 0.2) is 0 Å². The third kappa shape index (κ3) is 4.02. The van der Waals surface area contributed by atoms with Crippen LogP contribution >= 0.6 is 23.1 Å². The number of nitrogens with zero attached hydrogens (tertiary/aromatic N) is 6. The Labute approximate surface area is 184 Å². The molecule has 1 fully saturated rings. The lowest BCUT2D eigenvalue weighted by atomic mass is 9.93. The van der Waals surface area contributed by atoms with Crippen molar-refractivity contribution in [3.63, 3.8) is 0 Å². The summed E-state index contributed by atoms with van der Waals surface area (Å²) in [6.45, 7) is 2.50. The fraction of sp³-hybridized carbons (Fsp3) is 0.381. The molecule has 0 aliphatic carbocycles. The molecule has 1 aromatic carbocycles.